The van der Waals surface area contributed by atoms with Crippen molar-refractivity contribution in [3.05, 3.63) is 0 Å². The van der Waals surface area contributed by atoms with Crippen molar-refractivity contribution in [1.82, 2.24) is 4.90 Å². The summed E-state index contributed by atoms with van der Waals surface area (Å²) in [6.45, 7) is 2.78. The molecule has 4 nitrogen and oxygen atoms in total. The zero-order chi connectivity index (χ0) is 11.8. The Hall–Kier alpha value is -0.610. The molecular formula is C12H22N2O2. The van der Waals surface area contributed by atoms with Crippen LogP contribution in [-0.2, 0) is 9.53 Å². The summed E-state index contributed by atoms with van der Waals surface area (Å²) in [7, 11) is 1.87. The molecule has 4 heteroatoms. The Kier molecular flexibility index (Phi) is 3.22. The smallest absolute Gasteiger partial charge is 0.242 e. The molecule has 2 N–H and O–H groups in total. The Balaban J connectivity index is 2.03. The van der Waals surface area contributed by atoms with E-state index in [0.717, 1.165) is 38.7 Å². The highest BCUT2D eigenvalue weighted by molar-refractivity contribution is 5.86. The maximum atomic E-state index is 12.3. The molecule has 0 bridgehead atoms. The molecule has 1 amide bonds. The van der Waals surface area contributed by atoms with Gasteiger partial charge in [0, 0.05) is 13.7 Å². The molecule has 0 radical (unpaired) electrons. The molecular weight excluding hydrogens is 204 g/mol. The lowest BCUT2D eigenvalue weighted by Gasteiger charge is -2.33. The summed E-state index contributed by atoms with van der Waals surface area (Å²) in [5.41, 5.74) is 5.58. The van der Waals surface area contributed by atoms with E-state index in [1.54, 1.807) is 0 Å². The van der Waals surface area contributed by atoms with E-state index < -0.39 is 5.54 Å². The SMILES string of the molecule is CC1OCCC1N(C)C(=O)C1(N)CCCC1. The fourth-order valence-electron chi connectivity index (χ4n) is 2.95. The van der Waals surface area contributed by atoms with Gasteiger partial charge in [0.05, 0.1) is 17.7 Å². The Morgan fingerprint density at radius 1 is 1.44 bits per heavy atom. The molecule has 92 valence electrons. The highest BCUT2D eigenvalue weighted by Crippen LogP contribution is 2.30. The monoisotopic (exact) mass is 226 g/mol. The molecule has 2 atom stereocenters. The molecule has 0 aromatic heterocycles. The van der Waals surface area contributed by atoms with Gasteiger partial charge in [0.2, 0.25) is 5.91 Å². The number of nitrogens with two attached hydrogens (primary N) is 1. The van der Waals surface area contributed by atoms with Crippen LogP contribution >= 0.6 is 0 Å². The fourth-order valence-corrected chi connectivity index (χ4v) is 2.95. The number of ether oxygens (including phenoxy) is 1. The zero-order valence-electron chi connectivity index (χ0n) is 10.2. The second-order valence-electron chi connectivity index (χ2n) is 5.21. The average Bonchev–Trinajstić information content (AvgIpc) is 2.86. The molecule has 16 heavy (non-hydrogen) atoms. The third kappa shape index (κ3) is 1.96. The standard InChI is InChI=1S/C12H22N2O2/c1-9-10(5-8-16-9)14(2)11(15)12(13)6-3-4-7-12/h9-10H,3-8,13H2,1-2H3. The minimum atomic E-state index is -0.600. The first-order valence-electron chi connectivity index (χ1n) is 6.22. The molecule has 1 saturated carbocycles. The predicted molar refractivity (Wildman–Crippen MR) is 62.0 cm³/mol. The van der Waals surface area contributed by atoms with Gasteiger partial charge in [-0.1, -0.05) is 12.8 Å². The first kappa shape index (κ1) is 11.9. The molecule has 1 aliphatic heterocycles. The maximum Gasteiger partial charge on any atom is 0.242 e. The zero-order valence-corrected chi connectivity index (χ0v) is 10.2. The van der Waals surface area contributed by atoms with E-state index in [1.807, 2.05) is 18.9 Å². The van der Waals surface area contributed by atoms with Crippen LogP contribution in [0.5, 0.6) is 0 Å². The quantitative estimate of drug-likeness (QED) is 0.761. The summed E-state index contributed by atoms with van der Waals surface area (Å²) < 4.78 is 5.50. The van der Waals surface area contributed by atoms with Gasteiger partial charge >= 0.3 is 0 Å². The summed E-state index contributed by atoms with van der Waals surface area (Å²) in [6.07, 6.45) is 4.88. The Labute approximate surface area is 97.1 Å². The van der Waals surface area contributed by atoms with E-state index >= 15 is 0 Å². The van der Waals surface area contributed by atoms with E-state index in [1.165, 1.54) is 0 Å². The van der Waals surface area contributed by atoms with Crippen LogP contribution in [0.25, 0.3) is 0 Å². The topological polar surface area (TPSA) is 55.6 Å². The lowest BCUT2D eigenvalue weighted by atomic mass is 9.96. The summed E-state index contributed by atoms with van der Waals surface area (Å²) in [6, 6.07) is 0.202. The molecule has 0 aromatic rings. The van der Waals surface area contributed by atoms with Gasteiger partial charge in [-0.25, -0.2) is 0 Å². The van der Waals surface area contributed by atoms with Crippen LogP contribution in [0.4, 0.5) is 0 Å². The Morgan fingerprint density at radius 2 is 2.06 bits per heavy atom. The van der Waals surface area contributed by atoms with Gasteiger partial charge in [-0.2, -0.15) is 0 Å². The first-order chi connectivity index (χ1) is 7.54. The number of carbonyl (C=O) groups excluding carboxylic acids is 1. The Morgan fingerprint density at radius 3 is 2.56 bits per heavy atom. The third-order valence-electron chi connectivity index (χ3n) is 4.08. The lowest BCUT2D eigenvalue weighted by Crippen LogP contribution is -2.56. The summed E-state index contributed by atoms with van der Waals surface area (Å²) >= 11 is 0. The highest BCUT2D eigenvalue weighted by Gasteiger charge is 2.42. The summed E-state index contributed by atoms with van der Waals surface area (Å²) in [4.78, 5) is 14.2. The van der Waals surface area contributed by atoms with Crippen molar-refractivity contribution in [2.24, 2.45) is 5.73 Å². The van der Waals surface area contributed by atoms with Crippen LogP contribution in [0.15, 0.2) is 0 Å². The number of nitrogens with zero attached hydrogens (tertiary/aromatic N) is 1. The van der Waals surface area contributed by atoms with Crippen molar-refractivity contribution in [1.29, 1.82) is 0 Å². The van der Waals surface area contributed by atoms with Crippen molar-refractivity contribution in [3.8, 4) is 0 Å². The van der Waals surface area contributed by atoms with Crippen LogP contribution in [-0.4, -0.2) is 42.1 Å². The molecule has 1 saturated heterocycles. The number of amides is 1. The van der Waals surface area contributed by atoms with E-state index in [4.69, 9.17) is 10.5 Å². The predicted octanol–water partition coefficient (Wildman–Crippen LogP) is 0.894. The maximum absolute atomic E-state index is 12.3. The van der Waals surface area contributed by atoms with Gasteiger partial charge in [-0.15, -0.1) is 0 Å². The molecule has 2 rings (SSSR count). The van der Waals surface area contributed by atoms with E-state index in [9.17, 15) is 4.79 Å². The van der Waals surface area contributed by atoms with Crippen molar-refractivity contribution in [2.45, 2.75) is 56.7 Å². The summed E-state index contributed by atoms with van der Waals surface area (Å²) in [5.74, 6) is 0.104. The number of carbonyl (C=O) groups is 1. The first-order valence-corrected chi connectivity index (χ1v) is 6.22. The molecule has 0 aromatic carbocycles. The van der Waals surface area contributed by atoms with Gasteiger partial charge in [0.25, 0.3) is 0 Å². The molecule has 2 unspecified atom stereocenters. The second-order valence-corrected chi connectivity index (χ2v) is 5.21. The number of hydrogen-bond donors (Lipinski definition) is 1. The lowest BCUT2D eigenvalue weighted by molar-refractivity contribution is -0.138. The van der Waals surface area contributed by atoms with Crippen molar-refractivity contribution in [2.75, 3.05) is 13.7 Å². The molecule has 0 spiro atoms. The van der Waals surface area contributed by atoms with Crippen molar-refractivity contribution in [3.63, 3.8) is 0 Å². The molecule has 2 aliphatic rings. The minimum Gasteiger partial charge on any atom is -0.376 e. The number of likely N-dealkylation sites (N-methyl/N-ethyl adjacent to an activating group) is 1. The van der Waals surface area contributed by atoms with Crippen LogP contribution in [0, 0.1) is 0 Å². The third-order valence-corrected chi connectivity index (χ3v) is 4.08. The van der Waals surface area contributed by atoms with Crippen molar-refractivity contribution < 1.29 is 9.53 Å². The highest BCUT2D eigenvalue weighted by atomic mass is 16.5. The van der Waals surface area contributed by atoms with E-state index in [-0.39, 0.29) is 18.1 Å². The van der Waals surface area contributed by atoms with Crippen LogP contribution < -0.4 is 5.73 Å². The fraction of sp³-hybridized carbons (Fsp3) is 0.917. The van der Waals surface area contributed by atoms with Crippen LogP contribution in [0.2, 0.25) is 0 Å². The van der Waals surface area contributed by atoms with Gasteiger partial charge in [0.15, 0.2) is 0 Å². The van der Waals surface area contributed by atoms with Gasteiger partial charge in [-0.05, 0) is 26.2 Å². The van der Waals surface area contributed by atoms with E-state index in [0.29, 0.717) is 0 Å². The Bertz CT molecular complexity index is 274. The van der Waals surface area contributed by atoms with Gasteiger partial charge < -0.3 is 15.4 Å². The van der Waals surface area contributed by atoms with Crippen LogP contribution in [0.1, 0.15) is 39.0 Å². The van der Waals surface area contributed by atoms with Crippen LogP contribution in [0.3, 0.4) is 0 Å². The molecule has 1 aliphatic carbocycles. The van der Waals surface area contributed by atoms with E-state index in [2.05, 4.69) is 0 Å². The molecule has 2 fully saturated rings. The number of hydrogen-bond acceptors (Lipinski definition) is 3. The van der Waals surface area contributed by atoms with Crippen molar-refractivity contribution >= 4 is 5.91 Å². The minimum absolute atomic E-state index is 0.104. The number of rotatable bonds is 2. The largest absolute Gasteiger partial charge is 0.376 e. The second kappa shape index (κ2) is 4.34. The molecule has 1 heterocycles. The van der Waals surface area contributed by atoms with Gasteiger partial charge in [-0.3, -0.25) is 4.79 Å². The normalized spacial score (nSPS) is 32.9. The average molecular weight is 226 g/mol. The van der Waals surface area contributed by atoms with Gasteiger partial charge in [0.1, 0.15) is 0 Å². The summed E-state index contributed by atoms with van der Waals surface area (Å²) in [5, 5.41) is 0.